The molecule has 2 aromatic heterocycles. The van der Waals surface area contributed by atoms with E-state index < -0.39 is 5.97 Å². The van der Waals surface area contributed by atoms with Crippen LogP contribution < -0.4 is 5.43 Å². The molecule has 6 nitrogen and oxygen atoms in total. The van der Waals surface area contributed by atoms with Crippen LogP contribution in [0, 0.1) is 0 Å². The lowest BCUT2D eigenvalue weighted by Gasteiger charge is -1.99. The Morgan fingerprint density at radius 1 is 1.21 bits per heavy atom. The quantitative estimate of drug-likeness (QED) is 0.438. The molecule has 0 spiro atoms. The molecule has 7 heteroatoms. The Morgan fingerprint density at radius 2 is 1.96 bits per heavy atom. The molecule has 0 aliphatic carbocycles. The number of benzene rings is 1. The third-order valence-electron chi connectivity index (χ3n) is 3.13. The minimum Gasteiger partial charge on any atom is -0.465 e. The van der Waals surface area contributed by atoms with Crippen LogP contribution in [-0.4, -0.2) is 29.3 Å². The maximum Gasteiger partial charge on any atom is 0.350 e. The molecule has 1 aromatic carbocycles. The van der Waals surface area contributed by atoms with E-state index in [1.807, 2.05) is 42.5 Å². The molecule has 3 rings (SSSR count). The van der Waals surface area contributed by atoms with E-state index in [9.17, 15) is 4.79 Å². The first-order valence-electron chi connectivity index (χ1n) is 7.11. The maximum atomic E-state index is 12.0. The number of hydrogen-bond acceptors (Lipinski definition) is 7. The molecule has 2 heterocycles. The number of pyridine rings is 1. The fourth-order valence-corrected chi connectivity index (χ4v) is 2.86. The standard InChI is InChI=1S/C17H14N4O2S/c1-23-16(22)15-14(13-5-3-2-4-6-13)20-17(24-15)21-19-11-12-7-9-18-10-8-12/h2-11H,1H3,(H,20,21)/b19-11-. The molecule has 0 saturated heterocycles. The normalized spacial score (nSPS) is 10.7. The molecule has 0 unspecified atom stereocenters. The number of rotatable bonds is 5. The van der Waals surface area contributed by atoms with E-state index in [1.54, 1.807) is 18.6 Å². The van der Waals surface area contributed by atoms with Crippen molar-refractivity contribution in [3.05, 3.63) is 65.3 Å². The van der Waals surface area contributed by atoms with Gasteiger partial charge in [-0.1, -0.05) is 41.7 Å². The number of esters is 1. The van der Waals surface area contributed by atoms with E-state index in [0.717, 1.165) is 11.1 Å². The molecule has 0 bridgehead atoms. The van der Waals surface area contributed by atoms with Crippen molar-refractivity contribution in [1.29, 1.82) is 0 Å². The Labute approximate surface area is 142 Å². The minimum absolute atomic E-state index is 0.419. The molecule has 0 saturated carbocycles. The van der Waals surface area contributed by atoms with E-state index in [2.05, 4.69) is 20.5 Å². The zero-order valence-corrected chi connectivity index (χ0v) is 13.7. The number of anilines is 1. The summed E-state index contributed by atoms with van der Waals surface area (Å²) in [5, 5.41) is 4.65. The largest absolute Gasteiger partial charge is 0.465 e. The molecule has 0 atom stereocenters. The van der Waals surface area contributed by atoms with Gasteiger partial charge in [0.2, 0.25) is 5.13 Å². The molecule has 0 fully saturated rings. The zero-order chi connectivity index (χ0) is 16.8. The van der Waals surface area contributed by atoms with E-state index >= 15 is 0 Å². The second-order valence-electron chi connectivity index (χ2n) is 4.70. The molecule has 0 radical (unpaired) electrons. The van der Waals surface area contributed by atoms with Crippen LogP contribution in [0.3, 0.4) is 0 Å². The highest BCUT2D eigenvalue weighted by Gasteiger charge is 2.19. The van der Waals surface area contributed by atoms with Crippen molar-refractivity contribution in [1.82, 2.24) is 9.97 Å². The molecule has 0 aliphatic heterocycles. The fraction of sp³-hybridized carbons (Fsp3) is 0.0588. The number of hydrazone groups is 1. The van der Waals surface area contributed by atoms with Gasteiger partial charge in [-0.15, -0.1) is 0 Å². The first-order chi connectivity index (χ1) is 11.8. The van der Waals surface area contributed by atoms with E-state index in [0.29, 0.717) is 15.7 Å². The van der Waals surface area contributed by atoms with E-state index in [1.165, 1.54) is 18.4 Å². The van der Waals surface area contributed by atoms with Gasteiger partial charge in [0.15, 0.2) is 0 Å². The molecule has 1 N–H and O–H groups in total. The number of aromatic nitrogens is 2. The topological polar surface area (TPSA) is 76.5 Å². The predicted molar refractivity (Wildman–Crippen MR) is 94.3 cm³/mol. The van der Waals surface area contributed by atoms with Gasteiger partial charge in [0.25, 0.3) is 0 Å². The summed E-state index contributed by atoms with van der Waals surface area (Å²) in [5.41, 5.74) is 5.18. The highest BCUT2D eigenvalue weighted by Crippen LogP contribution is 2.31. The van der Waals surface area contributed by atoms with Crippen molar-refractivity contribution in [2.24, 2.45) is 5.10 Å². The first kappa shape index (κ1) is 15.8. The average molecular weight is 338 g/mol. The van der Waals surface area contributed by atoms with Crippen molar-refractivity contribution in [2.45, 2.75) is 0 Å². The van der Waals surface area contributed by atoms with Gasteiger partial charge in [0.1, 0.15) is 4.88 Å². The number of carbonyl (C=O) groups excluding carboxylic acids is 1. The fourth-order valence-electron chi connectivity index (χ4n) is 2.00. The van der Waals surface area contributed by atoms with Crippen LogP contribution in [0.2, 0.25) is 0 Å². The lowest BCUT2D eigenvalue weighted by Crippen LogP contribution is -2.00. The van der Waals surface area contributed by atoms with Gasteiger partial charge in [-0.3, -0.25) is 10.4 Å². The number of nitrogens with zero attached hydrogens (tertiary/aromatic N) is 3. The molecular weight excluding hydrogens is 324 g/mol. The molecule has 0 aliphatic rings. The number of carbonyl (C=O) groups is 1. The molecular formula is C17H14N4O2S. The summed E-state index contributed by atoms with van der Waals surface area (Å²) in [6.45, 7) is 0. The third-order valence-corrected chi connectivity index (χ3v) is 4.07. The van der Waals surface area contributed by atoms with Crippen LogP contribution in [-0.2, 0) is 4.74 Å². The second kappa shape index (κ2) is 7.47. The van der Waals surface area contributed by atoms with Crippen molar-refractivity contribution >= 4 is 28.7 Å². The van der Waals surface area contributed by atoms with Gasteiger partial charge >= 0.3 is 5.97 Å². The third kappa shape index (κ3) is 3.64. The SMILES string of the molecule is COC(=O)c1sc(N/N=C\c2ccncc2)nc1-c1ccccc1. The summed E-state index contributed by atoms with van der Waals surface area (Å²) in [5.74, 6) is -0.419. The molecule has 3 aromatic rings. The van der Waals surface area contributed by atoms with Gasteiger partial charge in [0.05, 0.1) is 19.0 Å². The summed E-state index contributed by atoms with van der Waals surface area (Å²) in [7, 11) is 1.35. The minimum atomic E-state index is -0.419. The van der Waals surface area contributed by atoms with Crippen LogP contribution in [0.4, 0.5) is 5.13 Å². The number of hydrogen-bond donors (Lipinski definition) is 1. The number of thiazole rings is 1. The van der Waals surface area contributed by atoms with Gasteiger partial charge in [-0.25, -0.2) is 9.78 Å². The van der Waals surface area contributed by atoms with E-state index in [4.69, 9.17) is 4.74 Å². The summed E-state index contributed by atoms with van der Waals surface area (Å²) < 4.78 is 4.84. The van der Waals surface area contributed by atoms with Crippen molar-refractivity contribution in [2.75, 3.05) is 12.5 Å². The second-order valence-corrected chi connectivity index (χ2v) is 5.70. The molecule has 0 amide bonds. The Morgan fingerprint density at radius 3 is 2.67 bits per heavy atom. The van der Waals surface area contributed by atoms with Crippen molar-refractivity contribution in [3.63, 3.8) is 0 Å². The monoisotopic (exact) mass is 338 g/mol. The smallest absolute Gasteiger partial charge is 0.350 e. The van der Waals surface area contributed by atoms with Crippen molar-refractivity contribution < 1.29 is 9.53 Å². The predicted octanol–water partition coefficient (Wildman–Crippen LogP) is 3.44. The summed E-state index contributed by atoms with van der Waals surface area (Å²) >= 11 is 1.20. The Hall–Kier alpha value is -3.06. The maximum absolute atomic E-state index is 12.0. The van der Waals surface area contributed by atoms with Gasteiger partial charge in [-0.05, 0) is 17.7 Å². The summed E-state index contributed by atoms with van der Waals surface area (Å²) in [4.78, 5) is 20.8. The summed E-state index contributed by atoms with van der Waals surface area (Å²) in [6, 6.07) is 13.2. The molecule has 24 heavy (non-hydrogen) atoms. The van der Waals surface area contributed by atoms with Crippen LogP contribution in [0.1, 0.15) is 15.2 Å². The summed E-state index contributed by atoms with van der Waals surface area (Å²) in [6.07, 6.45) is 5.03. The highest BCUT2D eigenvalue weighted by atomic mass is 32.1. The Balaban J connectivity index is 1.86. The van der Waals surface area contributed by atoms with Crippen LogP contribution in [0.5, 0.6) is 0 Å². The zero-order valence-electron chi connectivity index (χ0n) is 12.8. The Kier molecular flexibility index (Phi) is 4.93. The van der Waals surface area contributed by atoms with Crippen LogP contribution in [0.25, 0.3) is 11.3 Å². The number of ether oxygens (including phenoxy) is 1. The average Bonchev–Trinajstić information content (AvgIpc) is 3.07. The van der Waals surface area contributed by atoms with E-state index in [-0.39, 0.29) is 0 Å². The highest BCUT2D eigenvalue weighted by molar-refractivity contribution is 7.17. The first-order valence-corrected chi connectivity index (χ1v) is 7.93. The Bertz CT molecular complexity index is 848. The number of methoxy groups -OCH3 is 1. The lowest BCUT2D eigenvalue weighted by molar-refractivity contribution is 0.0607. The van der Waals surface area contributed by atoms with Gasteiger partial charge in [-0.2, -0.15) is 5.10 Å². The molecule has 120 valence electrons. The van der Waals surface area contributed by atoms with Gasteiger partial charge < -0.3 is 4.74 Å². The van der Waals surface area contributed by atoms with Crippen molar-refractivity contribution in [3.8, 4) is 11.3 Å². The van der Waals surface area contributed by atoms with Gasteiger partial charge in [0, 0.05) is 18.0 Å². The van der Waals surface area contributed by atoms with Crippen LogP contribution in [0.15, 0.2) is 60.0 Å². The van der Waals surface area contributed by atoms with Crippen LogP contribution >= 0.6 is 11.3 Å². The number of nitrogens with one attached hydrogen (secondary N) is 1. The lowest BCUT2D eigenvalue weighted by atomic mass is 10.1.